The van der Waals surface area contributed by atoms with E-state index in [1.807, 2.05) is 6.92 Å². The zero-order chi connectivity index (χ0) is 16.2. The summed E-state index contributed by atoms with van der Waals surface area (Å²) in [6, 6.07) is 6.66. The first-order valence-corrected chi connectivity index (χ1v) is 7.98. The topological polar surface area (TPSA) is 74.2 Å². The number of halogens is 1. The smallest absolute Gasteiger partial charge is 0.315 e. The van der Waals surface area contributed by atoms with E-state index in [0.29, 0.717) is 17.1 Å². The molecule has 2 aromatic rings. The van der Waals surface area contributed by atoms with E-state index < -0.39 is 5.60 Å². The molecule has 0 aliphatic rings. The lowest BCUT2D eigenvalue weighted by Gasteiger charge is -2.25. The molecule has 7 heteroatoms. The van der Waals surface area contributed by atoms with Gasteiger partial charge in [-0.2, -0.15) is 0 Å². The van der Waals surface area contributed by atoms with Crippen molar-refractivity contribution in [1.29, 1.82) is 0 Å². The molecule has 118 valence electrons. The maximum atomic E-state index is 11.8. The average Bonchev–Trinajstić information content (AvgIpc) is 2.89. The number of urea groups is 1. The highest BCUT2D eigenvalue weighted by atomic mass is 35.5. The highest BCUT2D eigenvalue weighted by Gasteiger charge is 2.26. The predicted molar refractivity (Wildman–Crippen MR) is 88.1 cm³/mol. The van der Waals surface area contributed by atoms with Crippen LogP contribution in [-0.2, 0) is 12.1 Å². The van der Waals surface area contributed by atoms with Crippen molar-refractivity contribution in [2.45, 2.75) is 26.0 Å². The van der Waals surface area contributed by atoms with Gasteiger partial charge in [-0.15, -0.1) is 11.3 Å². The second-order valence-corrected chi connectivity index (χ2v) is 6.88. The largest absolute Gasteiger partial charge is 0.384 e. The number of nitrogens with one attached hydrogen (secondary N) is 2. The molecular formula is C15H18ClN3O2S. The summed E-state index contributed by atoms with van der Waals surface area (Å²) in [4.78, 5) is 17.1. The van der Waals surface area contributed by atoms with Crippen molar-refractivity contribution in [3.8, 4) is 0 Å². The number of aryl methyl sites for hydroxylation is 1. The lowest BCUT2D eigenvalue weighted by atomic mass is 9.96. The van der Waals surface area contributed by atoms with Gasteiger partial charge in [0.15, 0.2) is 0 Å². The molecule has 0 aliphatic carbocycles. The quantitative estimate of drug-likeness (QED) is 0.784. The van der Waals surface area contributed by atoms with Gasteiger partial charge in [-0.3, -0.25) is 0 Å². The molecule has 2 amide bonds. The van der Waals surface area contributed by atoms with Crippen LogP contribution in [-0.4, -0.2) is 22.7 Å². The third-order valence-electron chi connectivity index (χ3n) is 3.12. The fourth-order valence-corrected chi connectivity index (χ4v) is 3.01. The van der Waals surface area contributed by atoms with E-state index in [1.54, 1.807) is 37.4 Å². The van der Waals surface area contributed by atoms with Crippen LogP contribution in [0.4, 0.5) is 4.79 Å². The Morgan fingerprint density at radius 3 is 2.77 bits per heavy atom. The first kappa shape index (κ1) is 16.7. The average molecular weight is 340 g/mol. The van der Waals surface area contributed by atoms with Crippen molar-refractivity contribution in [2.75, 3.05) is 6.54 Å². The first-order chi connectivity index (χ1) is 10.4. The highest BCUT2D eigenvalue weighted by molar-refractivity contribution is 7.11. The van der Waals surface area contributed by atoms with Crippen LogP contribution in [0, 0.1) is 6.92 Å². The second-order valence-electron chi connectivity index (χ2n) is 5.15. The van der Waals surface area contributed by atoms with Gasteiger partial charge in [-0.25, -0.2) is 9.78 Å². The summed E-state index contributed by atoms with van der Waals surface area (Å²) in [5, 5.41) is 17.1. The lowest BCUT2D eigenvalue weighted by molar-refractivity contribution is 0.0595. The van der Waals surface area contributed by atoms with Crippen molar-refractivity contribution >= 4 is 29.0 Å². The van der Waals surface area contributed by atoms with Crippen LogP contribution in [0.25, 0.3) is 0 Å². The predicted octanol–water partition coefficient (Wildman–Crippen LogP) is 2.81. The molecule has 0 unspecified atom stereocenters. The highest BCUT2D eigenvalue weighted by Crippen LogP contribution is 2.27. The van der Waals surface area contributed by atoms with Crippen LogP contribution in [0.3, 0.4) is 0 Å². The molecule has 0 saturated heterocycles. The molecule has 0 bridgehead atoms. The van der Waals surface area contributed by atoms with Crippen molar-refractivity contribution in [1.82, 2.24) is 15.6 Å². The standard InChI is InChI=1S/C15H18ClN3O2S/c1-10-7-17-13(22-10)8-18-14(20)19-9-15(2,21)11-5-3-4-6-12(11)16/h3-7,21H,8-9H2,1-2H3,(H2,18,19,20)/t15-/m1/s1. The summed E-state index contributed by atoms with van der Waals surface area (Å²) in [6.07, 6.45) is 1.77. The van der Waals surface area contributed by atoms with Gasteiger partial charge in [0.1, 0.15) is 10.6 Å². The Kier molecular flexibility index (Phi) is 5.39. The fourth-order valence-electron chi connectivity index (χ4n) is 1.95. The van der Waals surface area contributed by atoms with Gasteiger partial charge in [0.25, 0.3) is 0 Å². The molecule has 1 heterocycles. The Bertz CT molecular complexity index is 658. The number of thiazole rings is 1. The Hall–Kier alpha value is -1.63. The zero-order valence-electron chi connectivity index (χ0n) is 12.4. The van der Waals surface area contributed by atoms with Gasteiger partial charge >= 0.3 is 6.03 Å². The van der Waals surface area contributed by atoms with Gasteiger partial charge in [0.05, 0.1) is 13.1 Å². The van der Waals surface area contributed by atoms with Crippen LogP contribution in [0.1, 0.15) is 22.4 Å². The molecule has 0 radical (unpaired) electrons. The van der Waals surface area contributed by atoms with Gasteiger partial charge in [-0.05, 0) is 19.9 Å². The van der Waals surface area contributed by atoms with Crippen LogP contribution in [0.2, 0.25) is 5.02 Å². The first-order valence-electron chi connectivity index (χ1n) is 6.79. The number of aliphatic hydroxyl groups is 1. The van der Waals surface area contributed by atoms with Crippen LogP contribution < -0.4 is 10.6 Å². The molecule has 5 nitrogen and oxygen atoms in total. The molecule has 2 rings (SSSR count). The Morgan fingerprint density at radius 1 is 1.41 bits per heavy atom. The third kappa shape index (κ3) is 4.43. The summed E-state index contributed by atoms with van der Waals surface area (Å²) in [7, 11) is 0. The molecule has 0 aliphatic heterocycles. The number of hydrogen-bond acceptors (Lipinski definition) is 4. The number of carbonyl (C=O) groups excluding carboxylic acids is 1. The summed E-state index contributed by atoms with van der Waals surface area (Å²) < 4.78 is 0. The van der Waals surface area contributed by atoms with Gasteiger partial charge in [-0.1, -0.05) is 29.8 Å². The summed E-state index contributed by atoms with van der Waals surface area (Å²) >= 11 is 7.60. The lowest BCUT2D eigenvalue weighted by Crippen LogP contribution is -2.43. The third-order valence-corrected chi connectivity index (χ3v) is 4.36. The monoisotopic (exact) mass is 339 g/mol. The van der Waals surface area contributed by atoms with E-state index in [0.717, 1.165) is 9.88 Å². The Labute approximate surface area is 138 Å². The van der Waals surface area contributed by atoms with E-state index in [4.69, 9.17) is 11.6 Å². The van der Waals surface area contributed by atoms with Crippen LogP contribution >= 0.6 is 22.9 Å². The zero-order valence-corrected chi connectivity index (χ0v) is 14.0. The van der Waals surface area contributed by atoms with Gasteiger partial charge < -0.3 is 15.7 Å². The van der Waals surface area contributed by atoms with Crippen molar-refractivity contribution < 1.29 is 9.90 Å². The summed E-state index contributed by atoms with van der Waals surface area (Å²) in [5.41, 5.74) is -0.666. The minimum Gasteiger partial charge on any atom is -0.384 e. The van der Waals surface area contributed by atoms with Crippen molar-refractivity contribution in [2.24, 2.45) is 0 Å². The number of hydrogen-bond donors (Lipinski definition) is 3. The van der Waals surface area contributed by atoms with E-state index in [9.17, 15) is 9.90 Å². The van der Waals surface area contributed by atoms with Gasteiger partial charge in [0.2, 0.25) is 0 Å². The molecule has 0 saturated carbocycles. The van der Waals surface area contributed by atoms with E-state index in [-0.39, 0.29) is 12.6 Å². The number of rotatable bonds is 5. The van der Waals surface area contributed by atoms with Crippen LogP contribution in [0.5, 0.6) is 0 Å². The minimum absolute atomic E-state index is 0.0550. The Balaban J connectivity index is 1.86. The number of amides is 2. The number of nitrogens with zero attached hydrogens (tertiary/aromatic N) is 1. The summed E-state index contributed by atoms with van der Waals surface area (Å²) in [5.74, 6) is 0. The van der Waals surface area contributed by atoms with Gasteiger partial charge in [0, 0.05) is 21.7 Å². The molecule has 0 fully saturated rings. The van der Waals surface area contributed by atoms with Crippen LogP contribution in [0.15, 0.2) is 30.5 Å². The second kappa shape index (κ2) is 7.09. The number of carbonyl (C=O) groups is 1. The molecule has 3 N–H and O–H groups in total. The number of aromatic nitrogens is 1. The molecule has 1 aromatic heterocycles. The van der Waals surface area contributed by atoms with E-state index in [2.05, 4.69) is 15.6 Å². The molecule has 1 atom stereocenters. The maximum absolute atomic E-state index is 11.8. The SMILES string of the molecule is Cc1cnc(CNC(=O)NC[C@@](C)(O)c2ccccc2Cl)s1. The van der Waals surface area contributed by atoms with Crippen molar-refractivity contribution in [3.63, 3.8) is 0 Å². The minimum atomic E-state index is -1.24. The maximum Gasteiger partial charge on any atom is 0.315 e. The summed E-state index contributed by atoms with van der Waals surface area (Å²) in [6.45, 7) is 3.98. The van der Waals surface area contributed by atoms with E-state index in [1.165, 1.54) is 11.3 Å². The molecule has 0 spiro atoms. The number of benzene rings is 1. The van der Waals surface area contributed by atoms with Crippen molar-refractivity contribution in [3.05, 3.63) is 50.9 Å². The fraction of sp³-hybridized carbons (Fsp3) is 0.333. The van der Waals surface area contributed by atoms with E-state index >= 15 is 0 Å². The Morgan fingerprint density at radius 2 is 2.14 bits per heavy atom. The molecule has 22 heavy (non-hydrogen) atoms. The normalized spacial score (nSPS) is 13.5. The molecular weight excluding hydrogens is 322 g/mol. The molecule has 1 aromatic carbocycles.